The number of anilines is 1. The van der Waals surface area contributed by atoms with Gasteiger partial charge in [0, 0.05) is 29.2 Å². The number of nitrogens with one attached hydrogen (secondary N) is 1. The largest absolute Gasteiger partial charge is 0.483 e. The minimum absolute atomic E-state index is 0.129. The number of hydrogen-bond donors (Lipinski definition) is 1. The standard InChI is InChI=1S/C24H21F3N2O3S/c1-15-17(23(31)29-11-9-21-16(13-29)10-12-33-21)5-4-7-19(15)28-22(30)14-32-20-8-3-2-6-18(20)24(25,26)27/h2-8,10,12H,9,11,13-14H2,1H3,(H,28,30). The number of nitrogens with zero attached hydrogens (tertiary/aromatic N) is 1. The topological polar surface area (TPSA) is 58.6 Å². The maximum Gasteiger partial charge on any atom is 0.419 e. The molecule has 1 aromatic heterocycles. The summed E-state index contributed by atoms with van der Waals surface area (Å²) in [5.74, 6) is -1.17. The summed E-state index contributed by atoms with van der Waals surface area (Å²) in [6, 6.07) is 11.7. The van der Waals surface area contributed by atoms with Gasteiger partial charge in [-0.25, -0.2) is 0 Å². The molecular formula is C24H21F3N2O3S. The van der Waals surface area contributed by atoms with Crippen LogP contribution in [0.2, 0.25) is 0 Å². The number of alkyl halides is 3. The molecular weight excluding hydrogens is 453 g/mol. The Morgan fingerprint density at radius 2 is 1.91 bits per heavy atom. The van der Waals surface area contributed by atoms with Gasteiger partial charge in [-0.1, -0.05) is 18.2 Å². The number of hydrogen-bond acceptors (Lipinski definition) is 4. The van der Waals surface area contributed by atoms with Crippen LogP contribution < -0.4 is 10.1 Å². The van der Waals surface area contributed by atoms with Gasteiger partial charge in [0.05, 0.1) is 5.56 Å². The average molecular weight is 475 g/mol. The molecule has 5 nitrogen and oxygen atoms in total. The van der Waals surface area contributed by atoms with E-state index < -0.39 is 30.0 Å². The fourth-order valence-electron chi connectivity index (χ4n) is 3.75. The Kier molecular flexibility index (Phi) is 6.42. The Morgan fingerprint density at radius 3 is 2.70 bits per heavy atom. The summed E-state index contributed by atoms with van der Waals surface area (Å²) in [7, 11) is 0. The fourth-order valence-corrected chi connectivity index (χ4v) is 4.64. The zero-order chi connectivity index (χ0) is 23.6. The van der Waals surface area contributed by atoms with Crippen LogP contribution in [0.15, 0.2) is 53.9 Å². The molecule has 1 aliphatic rings. The first kappa shape index (κ1) is 22.8. The molecule has 0 saturated carbocycles. The summed E-state index contributed by atoms with van der Waals surface area (Å²) < 4.78 is 44.4. The molecule has 2 amide bonds. The second-order valence-corrected chi connectivity index (χ2v) is 8.66. The van der Waals surface area contributed by atoms with Crippen molar-refractivity contribution in [1.82, 2.24) is 4.90 Å². The summed E-state index contributed by atoms with van der Waals surface area (Å²) in [5.41, 5.74) is 1.67. The molecule has 3 aromatic rings. The van der Waals surface area contributed by atoms with E-state index in [1.807, 2.05) is 11.4 Å². The van der Waals surface area contributed by atoms with Crippen LogP contribution in [-0.2, 0) is 23.9 Å². The number of fused-ring (bicyclic) bond motifs is 1. The molecule has 33 heavy (non-hydrogen) atoms. The summed E-state index contributed by atoms with van der Waals surface area (Å²) in [5, 5.41) is 4.66. The monoisotopic (exact) mass is 474 g/mol. The molecule has 2 heterocycles. The van der Waals surface area contributed by atoms with Crippen molar-refractivity contribution in [2.45, 2.75) is 26.1 Å². The molecule has 4 rings (SSSR count). The van der Waals surface area contributed by atoms with Gasteiger partial charge < -0.3 is 15.0 Å². The van der Waals surface area contributed by atoms with Crippen molar-refractivity contribution in [3.05, 3.63) is 81.0 Å². The first-order valence-corrected chi connectivity index (χ1v) is 11.1. The minimum atomic E-state index is -4.59. The first-order valence-electron chi connectivity index (χ1n) is 10.3. The zero-order valence-electron chi connectivity index (χ0n) is 17.7. The molecule has 0 atom stereocenters. The number of carbonyl (C=O) groups is 2. The highest BCUT2D eigenvalue weighted by Gasteiger charge is 2.34. The van der Waals surface area contributed by atoms with Crippen molar-refractivity contribution in [2.24, 2.45) is 0 Å². The van der Waals surface area contributed by atoms with Crippen LogP contribution in [-0.4, -0.2) is 29.9 Å². The number of halogens is 3. The van der Waals surface area contributed by atoms with Gasteiger partial charge in [-0.2, -0.15) is 13.2 Å². The lowest BCUT2D eigenvalue weighted by Gasteiger charge is -2.28. The third-order valence-corrected chi connectivity index (χ3v) is 6.51. The van der Waals surface area contributed by atoms with Crippen LogP contribution in [0.3, 0.4) is 0 Å². The molecule has 2 aromatic carbocycles. The van der Waals surface area contributed by atoms with Crippen molar-refractivity contribution in [3.8, 4) is 5.75 Å². The van der Waals surface area contributed by atoms with Crippen molar-refractivity contribution in [1.29, 1.82) is 0 Å². The van der Waals surface area contributed by atoms with Crippen LogP contribution in [0.25, 0.3) is 0 Å². The van der Waals surface area contributed by atoms with Crippen molar-refractivity contribution >= 4 is 28.8 Å². The molecule has 0 bridgehead atoms. The summed E-state index contributed by atoms with van der Waals surface area (Å²) >= 11 is 1.69. The highest BCUT2D eigenvalue weighted by atomic mass is 32.1. The number of amides is 2. The molecule has 1 aliphatic heterocycles. The van der Waals surface area contributed by atoms with E-state index in [-0.39, 0.29) is 5.91 Å². The van der Waals surface area contributed by atoms with Gasteiger partial charge in [-0.3, -0.25) is 9.59 Å². The third-order valence-electron chi connectivity index (χ3n) is 5.48. The Balaban J connectivity index is 1.43. The molecule has 0 radical (unpaired) electrons. The van der Waals surface area contributed by atoms with Crippen molar-refractivity contribution in [2.75, 3.05) is 18.5 Å². The van der Waals surface area contributed by atoms with Crippen molar-refractivity contribution in [3.63, 3.8) is 0 Å². The lowest BCUT2D eigenvalue weighted by Crippen LogP contribution is -2.35. The van der Waals surface area contributed by atoms with E-state index in [9.17, 15) is 22.8 Å². The highest BCUT2D eigenvalue weighted by molar-refractivity contribution is 7.10. The lowest BCUT2D eigenvalue weighted by molar-refractivity contribution is -0.139. The van der Waals surface area contributed by atoms with Gasteiger partial charge in [-0.05, 0) is 60.2 Å². The molecule has 172 valence electrons. The highest BCUT2D eigenvalue weighted by Crippen LogP contribution is 2.36. The number of ether oxygens (including phenoxy) is 1. The van der Waals surface area contributed by atoms with Crippen LogP contribution in [0, 0.1) is 6.92 Å². The molecule has 0 spiro atoms. The van der Waals surface area contributed by atoms with Crippen LogP contribution >= 0.6 is 11.3 Å². The number of benzene rings is 2. The van der Waals surface area contributed by atoms with E-state index >= 15 is 0 Å². The molecule has 0 unspecified atom stereocenters. The quantitative estimate of drug-likeness (QED) is 0.547. The molecule has 9 heteroatoms. The normalized spacial score (nSPS) is 13.4. The Bertz CT molecular complexity index is 1190. The van der Waals surface area contributed by atoms with Crippen LogP contribution in [0.5, 0.6) is 5.75 Å². The van der Waals surface area contributed by atoms with Crippen LogP contribution in [0.1, 0.15) is 31.9 Å². The van der Waals surface area contributed by atoms with E-state index in [1.54, 1.807) is 41.4 Å². The summed E-state index contributed by atoms with van der Waals surface area (Å²) in [6.07, 6.45) is -3.78. The molecule has 0 fully saturated rings. The predicted octanol–water partition coefficient (Wildman–Crippen LogP) is 5.29. The molecule has 0 aliphatic carbocycles. The van der Waals surface area contributed by atoms with E-state index in [0.717, 1.165) is 24.1 Å². The minimum Gasteiger partial charge on any atom is -0.483 e. The summed E-state index contributed by atoms with van der Waals surface area (Å²) in [4.78, 5) is 28.6. The Hall–Kier alpha value is -3.33. The number of thiophene rings is 1. The fraction of sp³-hybridized carbons (Fsp3) is 0.250. The number of para-hydroxylation sites is 1. The number of rotatable bonds is 5. The maximum atomic E-state index is 13.1. The number of carbonyl (C=O) groups excluding carboxylic acids is 2. The van der Waals surface area contributed by atoms with Gasteiger partial charge in [0.1, 0.15) is 5.75 Å². The predicted molar refractivity (Wildman–Crippen MR) is 120 cm³/mol. The maximum absolute atomic E-state index is 13.1. The van der Waals surface area contributed by atoms with Crippen molar-refractivity contribution < 1.29 is 27.5 Å². The van der Waals surface area contributed by atoms with Gasteiger partial charge >= 0.3 is 6.18 Å². The second-order valence-electron chi connectivity index (χ2n) is 7.65. The van der Waals surface area contributed by atoms with E-state index in [1.165, 1.54) is 17.0 Å². The molecule has 1 N–H and O–H groups in total. The first-order chi connectivity index (χ1) is 15.7. The second kappa shape index (κ2) is 9.27. The zero-order valence-corrected chi connectivity index (χ0v) is 18.6. The lowest BCUT2D eigenvalue weighted by atomic mass is 10.0. The Morgan fingerprint density at radius 1 is 1.12 bits per heavy atom. The van der Waals surface area contributed by atoms with Gasteiger partial charge in [0.15, 0.2) is 6.61 Å². The average Bonchev–Trinajstić information content (AvgIpc) is 3.26. The van der Waals surface area contributed by atoms with Gasteiger partial charge in [0.2, 0.25) is 0 Å². The SMILES string of the molecule is Cc1c(NC(=O)COc2ccccc2C(F)(F)F)cccc1C(=O)N1CCc2sccc2C1. The smallest absolute Gasteiger partial charge is 0.419 e. The third kappa shape index (κ3) is 5.03. The van der Waals surface area contributed by atoms with Gasteiger partial charge in [0.25, 0.3) is 11.8 Å². The van der Waals surface area contributed by atoms with E-state index in [0.29, 0.717) is 29.9 Å². The van der Waals surface area contributed by atoms with E-state index in [4.69, 9.17) is 4.74 Å². The molecule has 0 saturated heterocycles. The Labute approximate surface area is 192 Å². The van der Waals surface area contributed by atoms with Crippen LogP contribution in [0.4, 0.5) is 18.9 Å². The summed E-state index contributed by atoms with van der Waals surface area (Å²) in [6.45, 7) is 2.29. The van der Waals surface area contributed by atoms with E-state index in [2.05, 4.69) is 5.32 Å². The van der Waals surface area contributed by atoms with Gasteiger partial charge in [-0.15, -0.1) is 11.3 Å².